The summed E-state index contributed by atoms with van der Waals surface area (Å²) in [7, 11) is 1.64. The molecule has 0 aliphatic rings. The lowest BCUT2D eigenvalue weighted by atomic mass is 10.3. The summed E-state index contributed by atoms with van der Waals surface area (Å²) >= 11 is 1.67. The second-order valence-corrected chi connectivity index (χ2v) is 6.51. The molecular weight excluding hydrogens is 300 g/mol. The number of imidazole rings is 1. The Bertz CT molecular complexity index is 744. The summed E-state index contributed by atoms with van der Waals surface area (Å²) in [5.74, 6) is 0.981. The maximum absolute atomic E-state index is 12.2. The van der Waals surface area contributed by atoms with Crippen LogP contribution in [-0.2, 0) is 13.6 Å². The van der Waals surface area contributed by atoms with Crippen LogP contribution in [0.3, 0.4) is 0 Å². The minimum absolute atomic E-state index is 0.345. The van der Waals surface area contributed by atoms with Crippen molar-refractivity contribution in [3.63, 3.8) is 0 Å². The summed E-state index contributed by atoms with van der Waals surface area (Å²) in [5.41, 5.74) is 0.221. The first-order chi connectivity index (χ1) is 10.6. The van der Waals surface area contributed by atoms with E-state index in [2.05, 4.69) is 23.8 Å². The smallest absolute Gasteiger partial charge is 0.313 e. The monoisotopic (exact) mass is 324 g/mol. The van der Waals surface area contributed by atoms with Gasteiger partial charge in [-0.1, -0.05) is 44.9 Å². The molecule has 0 bridgehead atoms. The van der Waals surface area contributed by atoms with Gasteiger partial charge in [0.25, 0.3) is 5.56 Å². The molecule has 2 heterocycles. The van der Waals surface area contributed by atoms with Gasteiger partial charge in [0.05, 0.1) is 0 Å². The molecule has 0 saturated heterocycles. The zero-order valence-electron chi connectivity index (χ0n) is 13.5. The first-order valence-corrected chi connectivity index (χ1v) is 8.91. The predicted octanol–water partition coefficient (Wildman–Crippen LogP) is 2.51. The second-order valence-electron chi connectivity index (χ2n) is 5.45. The Kier molecular flexibility index (Phi) is 5.88. The van der Waals surface area contributed by atoms with Crippen LogP contribution in [0.2, 0.25) is 0 Å². The van der Waals surface area contributed by atoms with Crippen LogP contribution >= 0.6 is 11.8 Å². The van der Waals surface area contributed by atoms with Gasteiger partial charge in [-0.15, -0.1) is 0 Å². The highest BCUT2D eigenvalue weighted by Crippen LogP contribution is 2.23. The van der Waals surface area contributed by atoms with Crippen molar-refractivity contribution in [2.24, 2.45) is 7.05 Å². The summed E-state index contributed by atoms with van der Waals surface area (Å²) in [5, 5.41) is 0.839. The molecule has 0 saturated carbocycles. The van der Waals surface area contributed by atoms with Crippen LogP contribution in [0.1, 0.15) is 46.0 Å². The van der Waals surface area contributed by atoms with Crippen molar-refractivity contribution in [1.29, 1.82) is 0 Å². The number of rotatable bonds is 8. The van der Waals surface area contributed by atoms with Crippen LogP contribution in [0.15, 0.2) is 14.7 Å². The average Bonchev–Trinajstić information content (AvgIpc) is 2.86. The number of nitrogens with zero attached hydrogens (tertiary/aromatic N) is 3. The van der Waals surface area contributed by atoms with Gasteiger partial charge >= 0.3 is 5.69 Å². The van der Waals surface area contributed by atoms with Gasteiger partial charge in [-0.2, -0.15) is 0 Å². The van der Waals surface area contributed by atoms with Crippen LogP contribution in [-0.4, -0.2) is 24.9 Å². The molecule has 2 aromatic heterocycles. The van der Waals surface area contributed by atoms with Crippen molar-refractivity contribution in [3.05, 3.63) is 20.8 Å². The van der Waals surface area contributed by atoms with E-state index in [1.807, 2.05) is 4.57 Å². The number of nitrogens with one attached hydrogen (secondary N) is 1. The SMILES string of the molecule is CCCCCSc1nc2c(c(=O)[nH]c(=O)n2C)n1CCCC. The summed E-state index contributed by atoms with van der Waals surface area (Å²) in [6.45, 7) is 5.05. The number of H-pyrrole nitrogens is 1. The zero-order chi connectivity index (χ0) is 16.1. The van der Waals surface area contributed by atoms with Crippen LogP contribution in [0, 0.1) is 0 Å². The van der Waals surface area contributed by atoms with E-state index in [4.69, 9.17) is 0 Å². The van der Waals surface area contributed by atoms with Gasteiger partial charge in [-0.25, -0.2) is 9.78 Å². The number of aromatic amines is 1. The second kappa shape index (κ2) is 7.67. The molecule has 0 aromatic carbocycles. The molecule has 7 heteroatoms. The lowest BCUT2D eigenvalue weighted by Crippen LogP contribution is -2.29. The Morgan fingerprint density at radius 3 is 2.55 bits per heavy atom. The first-order valence-electron chi connectivity index (χ1n) is 7.92. The molecule has 2 rings (SSSR count). The number of hydrogen-bond acceptors (Lipinski definition) is 4. The zero-order valence-corrected chi connectivity index (χ0v) is 14.3. The number of aromatic nitrogens is 4. The summed E-state index contributed by atoms with van der Waals surface area (Å²) in [4.78, 5) is 30.8. The van der Waals surface area contributed by atoms with E-state index in [0.717, 1.165) is 36.7 Å². The third kappa shape index (κ3) is 3.45. The predicted molar refractivity (Wildman–Crippen MR) is 90.8 cm³/mol. The average molecular weight is 324 g/mol. The van der Waals surface area contributed by atoms with Crippen molar-refractivity contribution >= 4 is 22.9 Å². The van der Waals surface area contributed by atoms with Crippen LogP contribution in [0.5, 0.6) is 0 Å². The van der Waals surface area contributed by atoms with Crippen LogP contribution < -0.4 is 11.2 Å². The minimum atomic E-state index is -0.417. The maximum atomic E-state index is 12.2. The van der Waals surface area contributed by atoms with E-state index in [0.29, 0.717) is 11.2 Å². The minimum Gasteiger partial charge on any atom is -0.313 e. The van der Waals surface area contributed by atoms with Gasteiger partial charge in [-0.05, 0) is 12.8 Å². The fourth-order valence-electron chi connectivity index (χ4n) is 2.36. The quantitative estimate of drug-likeness (QED) is 0.598. The van der Waals surface area contributed by atoms with E-state index in [-0.39, 0.29) is 5.56 Å². The molecule has 0 fully saturated rings. The Hall–Kier alpha value is -1.50. The summed E-state index contributed by atoms with van der Waals surface area (Å²) in [6.07, 6.45) is 5.54. The summed E-state index contributed by atoms with van der Waals surface area (Å²) < 4.78 is 3.38. The van der Waals surface area contributed by atoms with Crippen molar-refractivity contribution in [3.8, 4) is 0 Å². The van der Waals surface area contributed by atoms with E-state index >= 15 is 0 Å². The largest absolute Gasteiger partial charge is 0.329 e. The maximum Gasteiger partial charge on any atom is 0.329 e. The van der Waals surface area contributed by atoms with E-state index in [1.54, 1.807) is 18.8 Å². The first kappa shape index (κ1) is 16.9. The highest BCUT2D eigenvalue weighted by atomic mass is 32.2. The van der Waals surface area contributed by atoms with Crippen LogP contribution in [0.25, 0.3) is 11.2 Å². The molecule has 0 amide bonds. The van der Waals surface area contributed by atoms with Crippen molar-refractivity contribution in [2.45, 2.75) is 57.7 Å². The molecule has 0 radical (unpaired) electrons. The molecule has 2 aromatic rings. The van der Waals surface area contributed by atoms with Crippen molar-refractivity contribution in [2.75, 3.05) is 5.75 Å². The standard InChI is InChI=1S/C15H24N4O2S/c1-4-6-8-10-22-15-16-12-11(19(15)9-7-5-2)13(20)17-14(21)18(12)3/h4-10H2,1-3H3,(H,17,20,21). The van der Waals surface area contributed by atoms with Crippen molar-refractivity contribution in [1.82, 2.24) is 19.1 Å². The highest BCUT2D eigenvalue weighted by molar-refractivity contribution is 7.99. The van der Waals surface area contributed by atoms with Gasteiger partial charge in [0.2, 0.25) is 0 Å². The highest BCUT2D eigenvalue weighted by Gasteiger charge is 2.17. The van der Waals surface area contributed by atoms with E-state index < -0.39 is 5.69 Å². The Balaban J connectivity index is 2.45. The van der Waals surface area contributed by atoms with Crippen LogP contribution in [0.4, 0.5) is 0 Å². The lowest BCUT2D eigenvalue weighted by Gasteiger charge is -2.07. The normalized spacial score (nSPS) is 11.4. The number of hydrogen-bond donors (Lipinski definition) is 1. The Labute approximate surface area is 133 Å². The summed E-state index contributed by atoms with van der Waals surface area (Å²) in [6, 6.07) is 0. The third-order valence-corrected chi connectivity index (χ3v) is 4.75. The molecule has 0 unspecified atom stereocenters. The molecule has 6 nitrogen and oxygen atoms in total. The molecule has 0 spiro atoms. The van der Waals surface area contributed by atoms with E-state index in [1.165, 1.54) is 17.4 Å². The molecule has 22 heavy (non-hydrogen) atoms. The van der Waals surface area contributed by atoms with Gasteiger partial charge in [0, 0.05) is 19.3 Å². The molecular formula is C15H24N4O2S. The van der Waals surface area contributed by atoms with Gasteiger partial charge in [-0.3, -0.25) is 14.3 Å². The number of unbranched alkanes of at least 4 members (excludes halogenated alkanes) is 3. The topological polar surface area (TPSA) is 72.7 Å². The lowest BCUT2D eigenvalue weighted by molar-refractivity contribution is 0.600. The Morgan fingerprint density at radius 1 is 1.14 bits per heavy atom. The molecule has 0 aliphatic heterocycles. The Morgan fingerprint density at radius 2 is 1.86 bits per heavy atom. The van der Waals surface area contributed by atoms with Crippen molar-refractivity contribution < 1.29 is 0 Å². The molecule has 1 N–H and O–H groups in total. The molecule has 122 valence electrons. The number of fused-ring (bicyclic) bond motifs is 1. The molecule has 0 aliphatic carbocycles. The van der Waals surface area contributed by atoms with E-state index in [9.17, 15) is 9.59 Å². The number of thioether (sulfide) groups is 1. The van der Waals surface area contributed by atoms with Gasteiger partial charge in [0.15, 0.2) is 16.3 Å². The van der Waals surface area contributed by atoms with Gasteiger partial charge < -0.3 is 4.57 Å². The molecule has 0 atom stereocenters. The third-order valence-electron chi connectivity index (χ3n) is 3.69. The fraction of sp³-hybridized carbons (Fsp3) is 0.667. The fourth-order valence-corrected chi connectivity index (χ4v) is 3.38. The van der Waals surface area contributed by atoms with Gasteiger partial charge in [0.1, 0.15) is 0 Å². The number of aryl methyl sites for hydroxylation is 2.